The van der Waals surface area contributed by atoms with Crippen molar-refractivity contribution in [3.05, 3.63) is 29.8 Å². The van der Waals surface area contributed by atoms with Gasteiger partial charge in [-0.15, -0.1) is 0 Å². The van der Waals surface area contributed by atoms with E-state index in [1.165, 1.54) is 0 Å². The van der Waals surface area contributed by atoms with Crippen LogP contribution in [0.5, 0.6) is 5.75 Å². The summed E-state index contributed by atoms with van der Waals surface area (Å²) in [7, 11) is 0. The summed E-state index contributed by atoms with van der Waals surface area (Å²) in [6.07, 6.45) is 2.85. The van der Waals surface area contributed by atoms with E-state index in [-0.39, 0.29) is 6.10 Å². The molecule has 0 saturated carbocycles. The number of benzene rings is 1. The number of ether oxygens (including phenoxy) is 1. The van der Waals surface area contributed by atoms with Crippen molar-refractivity contribution in [1.29, 1.82) is 0 Å². The van der Waals surface area contributed by atoms with Gasteiger partial charge in [0.25, 0.3) is 0 Å². The van der Waals surface area contributed by atoms with Gasteiger partial charge in [-0.2, -0.15) is 0 Å². The van der Waals surface area contributed by atoms with Crippen LogP contribution >= 0.6 is 0 Å². The van der Waals surface area contributed by atoms with Gasteiger partial charge in [-0.1, -0.05) is 38.1 Å². The number of hydrogen-bond donors (Lipinski definition) is 1. The van der Waals surface area contributed by atoms with E-state index in [0.717, 1.165) is 24.2 Å². The molecule has 0 aliphatic carbocycles. The SMILES string of the molecule is CC/C(=N/O)c1ccccc1OC(CC)CC. The Bertz CT molecular complexity index is 370. The highest BCUT2D eigenvalue weighted by Gasteiger charge is 2.12. The molecule has 17 heavy (non-hydrogen) atoms. The fraction of sp³-hybridized carbons (Fsp3) is 0.500. The van der Waals surface area contributed by atoms with Crippen molar-refractivity contribution < 1.29 is 9.94 Å². The van der Waals surface area contributed by atoms with Crippen molar-refractivity contribution in [2.45, 2.75) is 46.1 Å². The quantitative estimate of drug-likeness (QED) is 0.462. The number of oxime groups is 1. The van der Waals surface area contributed by atoms with E-state index < -0.39 is 0 Å². The van der Waals surface area contributed by atoms with Crippen molar-refractivity contribution in [1.82, 2.24) is 0 Å². The zero-order valence-corrected chi connectivity index (χ0v) is 10.8. The Balaban J connectivity index is 2.99. The van der Waals surface area contributed by atoms with Crippen LogP contribution in [0.1, 0.15) is 45.6 Å². The highest BCUT2D eigenvalue weighted by molar-refractivity contribution is 6.02. The second-order valence-electron chi connectivity index (χ2n) is 3.95. The van der Waals surface area contributed by atoms with E-state index in [4.69, 9.17) is 9.94 Å². The topological polar surface area (TPSA) is 41.8 Å². The van der Waals surface area contributed by atoms with Gasteiger partial charge in [-0.05, 0) is 31.4 Å². The van der Waals surface area contributed by atoms with Crippen LogP contribution in [0.3, 0.4) is 0 Å². The molecule has 0 spiro atoms. The zero-order chi connectivity index (χ0) is 12.7. The van der Waals surface area contributed by atoms with Gasteiger partial charge in [-0.25, -0.2) is 0 Å². The van der Waals surface area contributed by atoms with Crippen molar-refractivity contribution in [3.8, 4) is 5.75 Å². The lowest BCUT2D eigenvalue weighted by molar-refractivity contribution is 0.192. The minimum atomic E-state index is 0.216. The fourth-order valence-electron chi connectivity index (χ4n) is 1.76. The molecule has 0 aliphatic heterocycles. The lowest BCUT2D eigenvalue weighted by Gasteiger charge is -2.18. The molecule has 0 aromatic heterocycles. The molecule has 0 atom stereocenters. The lowest BCUT2D eigenvalue weighted by Crippen LogP contribution is -2.15. The fourth-order valence-corrected chi connectivity index (χ4v) is 1.76. The Labute approximate surface area is 103 Å². The van der Waals surface area contributed by atoms with Crippen molar-refractivity contribution in [3.63, 3.8) is 0 Å². The van der Waals surface area contributed by atoms with Gasteiger partial charge in [0, 0.05) is 5.56 Å². The summed E-state index contributed by atoms with van der Waals surface area (Å²) in [6.45, 7) is 6.18. The predicted octanol–water partition coefficient (Wildman–Crippen LogP) is 3.84. The van der Waals surface area contributed by atoms with Gasteiger partial charge in [0.2, 0.25) is 0 Å². The van der Waals surface area contributed by atoms with E-state index in [1.54, 1.807) is 0 Å². The summed E-state index contributed by atoms with van der Waals surface area (Å²) < 4.78 is 5.94. The molecule has 0 radical (unpaired) electrons. The third-order valence-electron chi connectivity index (χ3n) is 2.86. The Morgan fingerprint density at radius 1 is 1.24 bits per heavy atom. The van der Waals surface area contributed by atoms with E-state index in [2.05, 4.69) is 19.0 Å². The maximum absolute atomic E-state index is 8.98. The molecular formula is C14H21NO2. The average molecular weight is 235 g/mol. The van der Waals surface area contributed by atoms with Gasteiger partial charge in [0.1, 0.15) is 5.75 Å². The first kappa shape index (κ1) is 13.6. The van der Waals surface area contributed by atoms with Crippen LogP contribution in [0.4, 0.5) is 0 Å². The zero-order valence-electron chi connectivity index (χ0n) is 10.8. The summed E-state index contributed by atoms with van der Waals surface area (Å²) >= 11 is 0. The molecule has 1 aromatic carbocycles. The van der Waals surface area contributed by atoms with Crippen LogP contribution in [0.25, 0.3) is 0 Å². The molecule has 1 aromatic rings. The molecule has 0 amide bonds. The number of rotatable bonds is 6. The molecule has 0 bridgehead atoms. The van der Waals surface area contributed by atoms with Crippen LogP contribution in [0, 0.1) is 0 Å². The van der Waals surface area contributed by atoms with Gasteiger partial charge in [0.15, 0.2) is 0 Å². The molecule has 0 heterocycles. The number of hydrogen-bond acceptors (Lipinski definition) is 3. The van der Waals surface area contributed by atoms with Crippen molar-refractivity contribution in [2.75, 3.05) is 0 Å². The van der Waals surface area contributed by atoms with E-state index in [9.17, 15) is 0 Å². The summed E-state index contributed by atoms with van der Waals surface area (Å²) in [6, 6.07) is 7.71. The van der Waals surface area contributed by atoms with Crippen LogP contribution in [-0.2, 0) is 0 Å². The first-order valence-electron chi connectivity index (χ1n) is 6.23. The van der Waals surface area contributed by atoms with Gasteiger partial charge < -0.3 is 9.94 Å². The summed E-state index contributed by atoms with van der Waals surface area (Å²) in [5.74, 6) is 0.802. The van der Waals surface area contributed by atoms with Crippen LogP contribution in [0.15, 0.2) is 29.4 Å². The molecule has 1 rings (SSSR count). The summed E-state index contributed by atoms with van der Waals surface area (Å²) in [5, 5.41) is 12.3. The average Bonchev–Trinajstić information content (AvgIpc) is 2.39. The first-order chi connectivity index (χ1) is 8.26. The Morgan fingerprint density at radius 3 is 2.41 bits per heavy atom. The highest BCUT2D eigenvalue weighted by Crippen LogP contribution is 2.22. The monoisotopic (exact) mass is 235 g/mol. The van der Waals surface area contributed by atoms with Crippen molar-refractivity contribution >= 4 is 5.71 Å². The summed E-state index contributed by atoms with van der Waals surface area (Å²) in [4.78, 5) is 0. The second kappa shape index (κ2) is 6.94. The van der Waals surface area contributed by atoms with Crippen molar-refractivity contribution in [2.24, 2.45) is 5.16 Å². The Kier molecular flexibility index (Phi) is 5.53. The lowest BCUT2D eigenvalue weighted by atomic mass is 10.1. The molecule has 0 fully saturated rings. The van der Waals surface area contributed by atoms with E-state index in [0.29, 0.717) is 12.1 Å². The molecule has 1 N–H and O–H groups in total. The van der Waals surface area contributed by atoms with Crippen LogP contribution in [0.2, 0.25) is 0 Å². The molecule has 0 saturated heterocycles. The van der Waals surface area contributed by atoms with E-state index >= 15 is 0 Å². The number of nitrogens with zero attached hydrogens (tertiary/aromatic N) is 1. The third-order valence-corrected chi connectivity index (χ3v) is 2.86. The minimum Gasteiger partial charge on any atom is -0.490 e. The minimum absolute atomic E-state index is 0.216. The van der Waals surface area contributed by atoms with Gasteiger partial charge in [-0.3, -0.25) is 0 Å². The van der Waals surface area contributed by atoms with Crippen LogP contribution in [-0.4, -0.2) is 17.0 Å². The highest BCUT2D eigenvalue weighted by atomic mass is 16.5. The first-order valence-corrected chi connectivity index (χ1v) is 6.23. The van der Waals surface area contributed by atoms with Crippen LogP contribution < -0.4 is 4.74 Å². The summed E-state index contributed by atoms with van der Waals surface area (Å²) in [5.41, 5.74) is 1.54. The Morgan fingerprint density at radius 2 is 1.88 bits per heavy atom. The van der Waals surface area contributed by atoms with Gasteiger partial charge in [0.05, 0.1) is 11.8 Å². The molecular weight excluding hydrogens is 214 g/mol. The standard InChI is InChI=1S/C14H21NO2/c1-4-11(5-2)17-14-10-8-7-9-12(14)13(6-3)15-16/h7-11,16H,4-6H2,1-3H3/b15-13-. The predicted molar refractivity (Wildman–Crippen MR) is 70.1 cm³/mol. The maximum atomic E-state index is 8.98. The molecule has 3 nitrogen and oxygen atoms in total. The molecule has 94 valence electrons. The normalized spacial score (nSPS) is 11.9. The van der Waals surface area contributed by atoms with E-state index in [1.807, 2.05) is 31.2 Å². The Hall–Kier alpha value is -1.51. The maximum Gasteiger partial charge on any atom is 0.128 e. The van der Waals surface area contributed by atoms with Gasteiger partial charge >= 0.3 is 0 Å². The number of para-hydroxylation sites is 1. The molecule has 0 aliphatic rings. The molecule has 0 unspecified atom stereocenters. The molecule has 3 heteroatoms. The smallest absolute Gasteiger partial charge is 0.128 e. The largest absolute Gasteiger partial charge is 0.490 e. The second-order valence-corrected chi connectivity index (χ2v) is 3.95. The third kappa shape index (κ3) is 3.48.